The van der Waals surface area contributed by atoms with Gasteiger partial charge in [0, 0.05) is 19.3 Å². The van der Waals surface area contributed by atoms with Gasteiger partial charge in [-0.15, -0.1) is 0 Å². The maximum Gasteiger partial charge on any atom is 0.306 e. The van der Waals surface area contributed by atoms with Gasteiger partial charge in [-0.05, 0) is 83.5 Å². The van der Waals surface area contributed by atoms with Gasteiger partial charge in [-0.3, -0.25) is 14.4 Å². The molecule has 0 aliphatic heterocycles. The zero-order chi connectivity index (χ0) is 45.1. The maximum absolute atomic E-state index is 12.7. The summed E-state index contributed by atoms with van der Waals surface area (Å²) in [6.45, 7) is 6.48. The number of hydrogen-bond donors (Lipinski definition) is 0. The summed E-state index contributed by atoms with van der Waals surface area (Å²) in [7, 11) is 0. The Bertz CT molecular complexity index is 1130. The van der Waals surface area contributed by atoms with E-state index in [-0.39, 0.29) is 31.1 Å². The van der Waals surface area contributed by atoms with Crippen molar-refractivity contribution in [2.75, 3.05) is 13.2 Å². The van der Waals surface area contributed by atoms with E-state index in [0.29, 0.717) is 19.3 Å². The van der Waals surface area contributed by atoms with Crippen molar-refractivity contribution in [3.63, 3.8) is 0 Å². The van der Waals surface area contributed by atoms with Crippen LogP contribution < -0.4 is 0 Å². The van der Waals surface area contributed by atoms with E-state index in [0.717, 1.165) is 96.3 Å². The van der Waals surface area contributed by atoms with Gasteiger partial charge in [0.2, 0.25) is 0 Å². The molecule has 0 saturated carbocycles. The molecule has 0 fully saturated rings. The molecule has 0 radical (unpaired) electrons. The Hall–Kier alpha value is -2.89. The van der Waals surface area contributed by atoms with E-state index in [1.807, 2.05) is 0 Å². The van der Waals surface area contributed by atoms with Gasteiger partial charge in [-0.25, -0.2) is 0 Å². The molecule has 1 unspecified atom stereocenters. The van der Waals surface area contributed by atoms with Crippen molar-refractivity contribution in [3.05, 3.63) is 60.8 Å². The Morgan fingerprint density at radius 2 is 0.629 bits per heavy atom. The topological polar surface area (TPSA) is 78.9 Å². The molecule has 0 aromatic rings. The number of unbranched alkanes of at least 4 members (excludes halogenated alkanes) is 26. The highest BCUT2D eigenvalue weighted by Crippen LogP contribution is 2.15. The van der Waals surface area contributed by atoms with Crippen LogP contribution in [0.2, 0.25) is 0 Å². The third-order valence-electron chi connectivity index (χ3n) is 11.3. The fourth-order valence-electron chi connectivity index (χ4n) is 7.31. The molecule has 0 saturated heterocycles. The molecule has 0 aliphatic rings. The predicted molar refractivity (Wildman–Crippen MR) is 265 cm³/mol. The molecule has 0 aliphatic carbocycles. The Morgan fingerprint density at radius 1 is 0.339 bits per heavy atom. The number of carbonyl (C=O) groups excluding carboxylic acids is 3. The van der Waals surface area contributed by atoms with Crippen LogP contribution >= 0.6 is 0 Å². The second-order valence-corrected chi connectivity index (χ2v) is 17.4. The predicted octanol–water partition coefficient (Wildman–Crippen LogP) is 17.3. The first kappa shape index (κ1) is 59.1. The molecule has 0 N–H and O–H groups in total. The maximum atomic E-state index is 12.7. The van der Waals surface area contributed by atoms with Crippen LogP contribution in [0, 0.1) is 0 Å². The molecule has 1 atom stereocenters. The summed E-state index contributed by atoms with van der Waals surface area (Å²) >= 11 is 0. The fourth-order valence-corrected chi connectivity index (χ4v) is 7.31. The molecule has 358 valence electrons. The lowest BCUT2D eigenvalue weighted by molar-refractivity contribution is -0.167. The minimum absolute atomic E-state index is 0.0769. The number of rotatable bonds is 47. The number of hydrogen-bond acceptors (Lipinski definition) is 6. The smallest absolute Gasteiger partial charge is 0.306 e. The second-order valence-electron chi connectivity index (χ2n) is 17.4. The normalized spacial score (nSPS) is 12.5. The van der Waals surface area contributed by atoms with Crippen molar-refractivity contribution >= 4 is 17.9 Å². The number of allylic oxidation sites excluding steroid dienone is 10. The summed E-state index contributed by atoms with van der Waals surface area (Å²) in [5.74, 6) is -0.889. The zero-order valence-electron chi connectivity index (χ0n) is 40.9. The van der Waals surface area contributed by atoms with Gasteiger partial charge in [0.05, 0.1) is 0 Å². The highest BCUT2D eigenvalue weighted by atomic mass is 16.6. The van der Waals surface area contributed by atoms with Gasteiger partial charge in [-0.2, -0.15) is 0 Å². The average molecular weight is 867 g/mol. The highest BCUT2D eigenvalue weighted by molar-refractivity contribution is 5.71. The Morgan fingerprint density at radius 3 is 1.03 bits per heavy atom. The molecular weight excluding hydrogens is 769 g/mol. The van der Waals surface area contributed by atoms with Crippen LogP contribution in [-0.4, -0.2) is 37.2 Å². The summed E-state index contributed by atoms with van der Waals surface area (Å²) in [4.78, 5) is 37.9. The Labute approximate surface area is 383 Å². The Balaban J connectivity index is 4.23. The van der Waals surface area contributed by atoms with Crippen molar-refractivity contribution in [3.8, 4) is 0 Å². The third-order valence-corrected chi connectivity index (χ3v) is 11.3. The van der Waals surface area contributed by atoms with Crippen LogP contribution in [0.15, 0.2) is 60.8 Å². The van der Waals surface area contributed by atoms with Gasteiger partial charge >= 0.3 is 17.9 Å². The molecule has 62 heavy (non-hydrogen) atoms. The van der Waals surface area contributed by atoms with Crippen LogP contribution in [0.5, 0.6) is 0 Å². The molecular formula is C56H98O6. The minimum Gasteiger partial charge on any atom is -0.462 e. The molecule has 0 amide bonds. The number of carbonyl (C=O) groups is 3. The third kappa shape index (κ3) is 48.1. The lowest BCUT2D eigenvalue weighted by atomic mass is 10.1. The van der Waals surface area contributed by atoms with E-state index < -0.39 is 6.10 Å². The van der Waals surface area contributed by atoms with E-state index in [1.54, 1.807) is 0 Å². The number of ether oxygens (including phenoxy) is 3. The average Bonchev–Trinajstić information content (AvgIpc) is 3.27. The van der Waals surface area contributed by atoms with E-state index in [1.165, 1.54) is 122 Å². The van der Waals surface area contributed by atoms with Gasteiger partial charge in [-0.1, -0.05) is 216 Å². The molecule has 6 heteroatoms. The lowest BCUT2D eigenvalue weighted by Gasteiger charge is -2.18. The molecule has 0 heterocycles. The van der Waals surface area contributed by atoms with Gasteiger partial charge in [0.1, 0.15) is 13.2 Å². The summed E-state index contributed by atoms with van der Waals surface area (Å²) in [5, 5.41) is 0. The lowest BCUT2D eigenvalue weighted by Crippen LogP contribution is -2.30. The molecule has 0 aromatic heterocycles. The van der Waals surface area contributed by atoms with E-state index in [9.17, 15) is 14.4 Å². The van der Waals surface area contributed by atoms with Crippen molar-refractivity contribution in [2.45, 2.75) is 264 Å². The summed E-state index contributed by atoms with van der Waals surface area (Å²) < 4.78 is 16.8. The SMILES string of the molecule is CC/C=C\C/C=C\C/C=C\C/C=C\CCCCCCCCCCCCC(=O)OCC(COC(=O)CCCCCCCCCCC)OC(=O)CCCCCCC/C=C\CCCCC. The van der Waals surface area contributed by atoms with Crippen molar-refractivity contribution < 1.29 is 28.6 Å². The van der Waals surface area contributed by atoms with Crippen LogP contribution in [0.1, 0.15) is 258 Å². The molecule has 0 bridgehead atoms. The van der Waals surface area contributed by atoms with Crippen molar-refractivity contribution in [2.24, 2.45) is 0 Å². The first-order valence-electron chi connectivity index (χ1n) is 26.3. The zero-order valence-corrected chi connectivity index (χ0v) is 40.9. The van der Waals surface area contributed by atoms with Crippen LogP contribution in [0.25, 0.3) is 0 Å². The van der Waals surface area contributed by atoms with Gasteiger partial charge < -0.3 is 14.2 Å². The first-order valence-corrected chi connectivity index (χ1v) is 26.3. The van der Waals surface area contributed by atoms with Crippen molar-refractivity contribution in [1.29, 1.82) is 0 Å². The quantitative estimate of drug-likeness (QED) is 0.0262. The Kier molecular flexibility index (Phi) is 48.4. The monoisotopic (exact) mass is 867 g/mol. The summed E-state index contributed by atoms with van der Waals surface area (Å²) in [6, 6.07) is 0. The van der Waals surface area contributed by atoms with Crippen LogP contribution in [-0.2, 0) is 28.6 Å². The standard InChI is InChI=1S/C56H98O6/c1-4-7-10-13-16-19-21-23-24-25-26-27-28-29-30-31-32-33-35-37-40-43-46-49-55(58)61-52-53(51-60-54(57)48-45-42-39-36-18-15-12-9-6-3)62-56(59)50-47-44-41-38-34-22-20-17-14-11-8-5-2/h7,10,16-17,19-20,23-24,26-27,53H,4-6,8-9,11-15,18,21-22,25,28-52H2,1-3H3/b10-7-,19-16-,20-17-,24-23-,27-26-. The summed E-state index contributed by atoms with van der Waals surface area (Å²) in [6.07, 6.45) is 62.1. The van der Waals surface area contributed by atoms with Crippen molar-refractivity contribution in [1.82, 2.24) is 0 Å². The second kappa shape index (κ2) is 50.8. The highest BCUT2D eigenvalue weighted by Gasteiger charge is 2.19. The molecule has 6 nitrogen and oxygen atoms in total. The molecule has 0 aromatic carbocycles. The molecule has 0 spiro atoms. The first-order chi connectivity index (χ1) is 30.5. The minimum atomic E-state index is -0.776. The fraction of sp³-hybridized carbons (Fsp3) is 0.768. The molecule has 0 rings (SSSR count). The van der Waals surface area contributed by atoms with E-state index >= 15 is 0 Å². The largest absolute Gasteiger partial charge is 0.462 e. The van der Waals surface area contributed by atoms with Crippen LogP contribution in [0.3, 0.4) is 0 Å². The van der Waals surface area contributed by atoms with Gasteiger partial charge in [0.15, 0.2) is 6.10 Å². The summed E-state index contributed by atoms with van der Waals surface area (Å²) in [5.41, 5.74) is 0. The van der Waals surface area contributed by atoms with E-state index in [2.05, 4.69) is 81.5 Å². The number of esters is 3. The van der Waals surface area contributed by atoms with E-state index in [4.69, 9.17) is 14.2 Å². The van der Waals surface area contributed by atoms with Crippen LogP contribution in [0.4, 0.5) is 0 Å². The van der Waals surface area contributed by atoms with Gasteiger partial charge in [0.25, 0.3) is 0 Å².